The lowest BCUT2D eigenvalue weighted by atomic mass is 10.1. The minimum Gasteiger partial charge on any atom is -0.336 e. The second kappa shape index (κ2) is 8.35. The van der Waals surface area contributed by atoms with Crippen LogP contribution >= 0.6 is 0 Å². The highest BCUT2D eigenvalue weighted by molar-refractivity contribution is 5.96. The number of carbonyl (C=O) groups is 1. The second-order valence-electron chi connectivity index (χ2n) is 5.80. The number of amides is 1. The molecule has 1 saturated heterocycles. The highest BCUT2D eigenvalue weighted by atomic mass is 16.2. The topological polar surface area (TPSA) is 26.8 Å². The largest absolute Gasteiger partial charge is 0.336 e. The molecule has 0 N–H and O–H groups in total. The molecule has 1 fully saturated rings. The van der Waals surface area contributed by atoms with E-state index in [0.717, 1.165) is 70.8 Å². The summed E-state index contributed by atoms with van der Waals surface area (Å²) < 4.78 is 0. The lowest BCUT2D eigenvalue weighted by Gasteiger charge is -2.36. The van der Waals surface area contributed by atoms with Gasteiger partial charge >= 0.3 is 0 Å². The third-order valence-corrected chi connectivity index (χ3v) is 4.53. The number of allylic oxidation sites excluding steroid dienone is 2. The van der Waals surface area contributed by atoms with Crippen LogP contribution in [-0.4, -0.2) is 73.0 Å². The van der Waals surface area contributed by atoms with E-state index >= 15 is 0 Å². The van der Waals surface area contributed by atoms with Crippen LogP contribution in [0.3, 0.4) is 0 Å². The van der Waals surface area contributed by atoms with Gasteiger partial charge in [0.25, 0.3) is 5.91 Å². The van der Waals surface area contributed by atoms with Crippen LogP contribution in [0.25, 0.3) is 0 Å². The Balaban J connectivity index is 1.74. The SMILES string of the molecule is CCN(CC)CCN1CCN(C(=O)C2=CCCC=C2)CC1. The molecule has 1 aliphatic carbocycles. The summed E-state index contributed by atoms with van der Waals surface area (Å²) in [4.78, 5) is 19.3. The third kappa shape index (κ3) is 4.68. The van der Waals surface area contributed by atoms with Gasteiger partial charge in [0.05, 0.1) is 0 Å². The molecule has 0 aromatic heterocycles. The number of carbonyl (C=O) groups excluding carboxylic acids is 1. The van der Waals surface area contributed by atoms with Crippen LogP contribution in [0, 0.1) is 0 Å². The summed E-state index contributed by atoms with van der Waals surface area (Å²) >= 11 is 0. The summed E-state index contributed by atoms with van der Waals surface area (Å²) in [5.41, 5.74) is 0.887. The molecule has 0 aromatic carbocycles. The molecule has 4 nitrogen and oxygen atoms in total. The van der Waals surface area contributed by atoms with E-state index in [0.29, 0.717) is 0 Å². The number of piperazine rings is 1. The van der Waals surface area contributed by atoms with Crippen molar-refractivity contribution in [3.63, 3.8) is 0 Å². The Labute approximate surface area is 129 Å². The Morgan fingerprint density at radius 1 is 1.14 bits per heavy atom. The molecule has 0 spiro atoms. The number of hydrogen-bond acceptors (Lipinski definition) is 3. The van der Waals surface area contributed by atoms with Crippen molar-refractivity contribution in [3.05, 3.63) is 23.8 Å². The highest BCUT2D eigenvalue weighted by Crippen LogP contribution is 2.14. The minimum atomic E-state index is 0.217. The second-order valence-corrected chi connectivity index (χ2v) is 5.80. The lowest BCUT2D eigenvalue weighted by molar-refractivity contribution is -0.128. The Kier molecular flexibility index (Phi) is 6.46. The van der Waals surface area contributed by atoms with E-state index in [1.807, 2.05) is 11.0 Å². The van der Waals surface area contributed by atoms with Gasteiger partial charge in [-0.05, 0) is 25.9 Å². The monoisotopic (exact) mass is 291 g/mol. The Morgan fingerprint density at radius 2 is 1.86 bits per heavy atom. The lowest BCUT2D eigenvalue weighted by Crippen LogP contribution is -2.50. The van der Waals surface area contributed by atoms with E-state index in [-0.39, 0.29) is 5.91 Å². The summed E-state index contributed by atoms with van der Waals surface area (Å²) in [6.45, 7) is 12.7. The Hall–Kier alpha value is -1.13. The smallest absolute Gasteiger partial charge is 0.253 e. The first-order chi connectivity index (χ1) is 10.2. The highest BCUT2D eigenvalue weighted by Gasteiger charge is 2.22. The fourth-order valence-electron chi connectivity index (χ4n) is 2.95. The molecule has 0 atom stereocenters. The number of rotatable bonds is 6. The summed E-state index contributed by atoms with van der Waals surface area (Å²) in [5.74, 6) is 0.217. The van der Waals surface area contributed by atoms with Crippen LogP contribution in [0.2, 0.25) is 0 Å². The van der Waals surface area contributed by atoms with Gasteiger partial charge in [0, 0.05) is 44.8 Å². The van der Waals surface area contributed by atoms with Gasteiger partial charge in [-0.3, -0.25) is 9.69 Å². The average Bonchev–Trinajstić information content (AvgIpc) is 2.56. The number of nitrogens with zero attached hydrogens (tertiary/aromatic N) is 3. The van der Waals surface area contributed by atoms with Gasteiger partial charge in [-0.1, -0.05) is 32.1 Å². The summed E-state index contributed by atoms with van der Waals surface area (Å²) in [6.07, 6.45) is 8.23. The zero-order valence-corrected chi connectivity index (χ0v) is 13.6. The molecule has 2 rings (SSSR count). The normalized spacial score (nSPS) is 20.0. The van der Waals surface area contributed by atoms with Crippen LogP contribution in [0.5, 0.6) is 0 Å². The van der Waals surface area contributed by atoms with E-state index in [4.69, 9.17) is 0 Å². The van der Waals surface area contributed by atoms with Crippen molar-refractivity contribution in [1.29, 1.82) is 0 Å². The van der Waals surface area contributed by atoms with Crippen LogP contribution < -0.4 is 0 Å². The first-order valence-electron chi connectivity index (χ1n) is 8.35. The summed E-state index contributed by atoms with van der Waals surface area (Å²) in [7, 11) is 0. The number of likely N-dealkylation sites (N-methyl/N-ethyl adjacent to an activating group) is 1. The standard InChI is InChI=1S/C17H29N3O/c1-3-18(4-2)10-11-19-12-14-20(15-13-19)17(21)16-8-6-5-7-9-16/h6,8-9H,3-5,7,10-15H2,1-2H3. The molecule has 1 heterocycles. The Morgan fingerprint density at radius 3 is 2.43 bits per heavy atom. The predicted molar refractivity (Wildman–Crippen MR) is 87.3 cm³/mol. The first kappa shape index (κ1) is 16.2. The molecule has 2 aliphatic rings. The van der Waals surface area contributed by atoms with Gasteiger partial charge in [0.15, 0.2) is 0 Å². The molecule has 0 radical (unpaired) electrons. The number of hydrogen-bond donors (Lipinski definition) is 0. The van der Waals surface area contributed by atoms with Gasteiger partial charge < -0.3 is 9.80 Å². The molecule has 0 bridgehead atoms. The van der Waals surface area contributed by atoms with Crippen LogP contribution in [0.15, 0.2) is 23.8 Å². The van der Waals surface area contributed by atoms with E-state index in [2.05, 4.69) is 35.8 Å². The average molecular weight is 291 g/mol. The zero-order valence-electron chi connectivity index (χ0n) is 13.6. The minimum absolute atomic E-state index is 0.217. The van der Waals surface area contributed by atoms with Crippen molar-refractivity contribution in [2.75, 3.05) is 52.4 Å². The van der Waals surface area contributed by atoms with Crippen molar-refractivity contribution >= 4 is 5.91 Å². The molecular formula is C17H29N3O. The van der Waals surface area contributed by atoms with Crippen molar-refractivity contribution in [2.24, 2.45) is 0 Å². The van der Waals surface area contributed by atoms with Gasteiger partial charge in [0.2, 0.25) is 0 Å². The van der Waals surface area contributed by atoms with Gasteiger partial charge in [-0.15, -0.1) is 0 Å². The molecule has 0 aromatic rings. The maximum atomic E-state index is 12.4. The van der Waals surface area contributed by atoms with Crippen LogP contribution in [0.1, 0.15) is 26.7 Å². The summed E-state index contributed by atoms with van der Waals surface area (Å²) in [6, 6.07) is 0. The summed E-state index contributed by atoms with van der Waals surface area (Å²) in [5, 5.41) is 0. The van der Waals surface area contributed by atoms with Crippen molar-refractivity contribution in [3.8, 4) is 0 Å². The molecule has 0 unspecified atom stereocenters. The Bertz CT molecular complexity index is 391. The van der Waals surface area contributed by atoms with E-state index in [1.54, 1.807) is 0 Å². The fourth-order valence-corrected chi connectivity index (χ4v) is 2.95. The van der Waals surface area contributed by atoms with Gasteiger partial charge in [-0.2, -0.15) is 0 Å². The first-order valence-corrected chi connectivity index (χ1v) is 8.35. The van der Waals surface area contributed by atoms with Crippen LogP contribution in [-0.2, 0) is 4.79 Å². The molecule has 0 saturated carbocycles. The quantitative estimate of drug-likeness (QED) is 0.746. The fraction of sp³-hybridized carbons (Fsp3) is 0.706. The maximum absolute atomic E-state index is 12.4. The van der Waals surface area contributed by atoms with E-state index in [9.17, 15) is 4.79 Å². The molecule has 21 heavy (non-hydrogen) atoms. The van der Waals surface area contributed by atoms with Crippen molar-refractivity contribution in [1.82, 2.24) is 14.7 Å². The van der Waals surface area contributed by atoms with Crippen molar-refractivity contribution in [2.45, 2.75) is 26.7 Å². The molecule has 1 amide bonds. The molecule has 1 aliphatic heterocycles. The predicted octanol–water partition coefficient (Wildman–Crippen LogP) is 1.75. The van der Waals surface area contributed by atoms with E-state index < -0.39 is 0 Å². The third-order valence-electron chi connectivity index (χ3n) is 4.53. The van der Waals surface area contributed by atoms with Crippen molar-refractivity contribution < 1.29 is 4.79 Å². The molecular weight excluding hydrogens is 262 g/mol. The molecule has 118 valence electrons. The zero-order chi connectivity index (χ0) is 15.1. The maximum Gasteiger partial charge on any atom is 0.253 e. The molecule has 4 heteroatoms. The van der Waals surface area contributed by atoms with E-state index in [1.165, 1.54) is 0 Å². The van der Waals surface area contributed by atoms with Gasteiger partial charge in [0.1, 0.15) is 0 Å². The van der Waals surface area contributed by atoms with Gasteiger partial charge in [-0.25, -0.2) is 0 Å². The van der Waals surface area contributed by atoms with Crippen LogP contribution in [0.4, 0.5) is 0 Å².